The molecule has 0 bridgehead atoms. The lowest BCUT2D eigenvalue weighted by molar-refractivity contribution is -0.143. The number of hydrogen-bond acceptors (Lipinski definition) is 6. The molecule has 1 aromatic rings. The molecule has 0 spiro atoms. The minimum absolute atomic E-state index is 0.122. The first-order valence-corrected chi connectivity index (χ1v) is 8.63. The van der Waals surface area contributed by atoms with Crippen LogP contribution in [0, 0.1) is 0 Å². The zero-order valence-electron chi connectivity index (χ0n) is 15.2. The first kappa shape index (κ1) is 20.1. The summed E-state index contributed by atoms with van der Waals surface area (Å²) in [6.45, 7) is 3.53. The number of urea groups is 1. The lowest BCUT2D eigenvalue weighted by atomic mass is 10.2. The molecule has 5 amide bonds. The van der Waals surface area contributed by atoms with Gasteiger partial charge in [-0.05, 0) is 37.1 Å². The molecule has 27 heavy (non-hydrogen) atoms. The lowest BCUT2D eigenvalue weighted by Crippen LogP contribution is -2.39. The largest absolute Gasteiger partial charge is 0.462 e. The molecular weight excluding hydrogens is 354 g/mol. The van der Waals surface area contributed by atoms with Crippen LogP contribution in [0.15, 0.2) is 24.3 Å². The van der Waals surface area contributed by atoms with E-state index in [1.165, 1.54) is 24.3 Å². The van der Waals surface area contributed by atoms with E-state index in [4.69, 9.17) is 4.74 Å². The van der Waals surface area contributed by atoms with Gasteiger partial charge in [-0.15, -0.1) is 0 Å². The number of anilines is 1. The van der Waals surface area contributed by atoms with E-state index >= 15 is 0 Å². The van der Waals surface area contributed by atoms with Gasteiger partial charge in [0.1, 0.15) is 6.54 Å². The highest BCUT2D eigenvalue weighted by Crippen LogP contribution is 2.14. The molecule has 1 saturated heterocycles. The summed E-state index contributed by atoms with van der Waals surface area (Å²) in [6.07, 6.45) is 1.23. The van der Waals surface area contributed by atoms with Crippen LogP contribution in [0.1, 0.15) is 37.0 Å². The van der Waals surface area contributed by atoms with Crippen molar-refractivity contribution in [2.45, 2.75) is 26.7 Å². The van der Waals surface area contributed by atoms with Gasteiger partial charge >= 0.3 is 23.8 Å². The summed E-state index contributed by atoms with van der Waals surface area (Å²) in [5.74, 6) is -3.04. The molecule has 0 saturated carbocycles. The number of rotatable bonds is 8. The molecule has 0 radical (unpaired) electrons. The van der Waals surface area contributed by atoms with Crippen molar-refractivity contribution in [1.29, 1.82) is 0 Å². The molecule has 0 aromatic heterocycles. The average molecular weight is 375 g/mol. The van der Waals surface area contributed by atoms with E-state index in [9.17, 15) is 24.0 Å². The highest BCUT2D eigenvalue weighted by Gasteiger charge is 2.44. The third kappa shape index (κ3) is 4.69. The van der Waals surface area contributed by atoms with Crippen LogP contribution in [-0.2, 0) is 19.1 Å². The number of ether oxygens (including phenoxy) is 1. The fourth-order valence-corrected chi connectivity index (χ4v) is 2.42. The maximum absolute atomic E-state index is 12.1. The zero-order valence-corrected chi connectivity index (χ0v) is 15.2. The normalized spacial score (nSPS) is 13.9. The summed E-state index contributed by atoms with van der Waals surface area (Å²) in [6, 6.07) is 5.19. The van der Waals surface area contributed by atoms with Gasteiger partial charge in [0.15, 0.2) is 0 Å². The van der Waals surface area contributed by atoms with E-state index in [0.29, 0.717) is 35.6 Å². The van der Waals surface area contributed by atoms with Crippen LogP contribution in [0.2, 0.25) is 0 Å². The summed E-state index contributed by atoms with van der Waals surface area (Å²) in [7, 11) is 0. The topological polar surface area (TPSA) is 113 Å². The van der Waals surface area contributed by atoms with Gasteiger partial charge in [-0.25, -0.2) is 14.5 Å². The lowest BCUT2D eigenvalue weighted by Gasteiger charge is -2.14. The van der Waals surface area contributed by atoms with E-state index in [2.05, 4.69) is 5.32 Å². The minimum Gasteiger partial charge on any atom is -0.462 e. The number of amides is 5. The van der Waals surface area contributed by atoms with Gasteiger partial charge in [0.25, 0.3) is 0 Å². The van der Waals surface area contributed by atoms with E-state index < -0.39 is 36.3 Å². The van der Waals surface area contributed by atoms with Crippen molar-refractivity contribution < 1.29 is 28.7 Å². The number of hydrogen-bond donors (Lipinski definition) is 1. The van der Waals surface area contributed by atoms with Crippen LogP contribution in [0.5, 0.6) is 0 Å². The molecular formula is C18H21N3O6. The Labute approximate surface area is 156 Å². The highest BCUT2D eigenvalue weighted by atomic mass is 16.5. The number of nitrogens with one attached hydrogen (secondary N) is 1. The van der Waals surface area contributed by atoms with E-state index in [-0.39, 0.29) is 6.54 Å². The van der Waals surface area contributed by atoms with Crippen LogP contribution in [0.4, 0.5) is 10.5 Å². The molecule has 0 atom stereocenters. The third-order valence-corrected chi connectivity index (χ3v) is 3.73. The predicted octanol–water partition coefficient (Wildman–Crippen LogP) is 1.39. The van der Waals surface area contributed by atoms with Gasteiger partial charge in [0.2, 0.25) is 5.91 Å². The van der Waals surface area contributed by atoms with E-state index in [1.54, 1.807) is 6.92 Å². The third-order valence-electron chi connectivity index (χ3n) is 3.73. The van der Waals surface area contributed by atoms with Crippen molar-refractivity contribution in [3.05, 3.63) is 29.8 Å². The highest BCUT2D eigenvalue weighted by molar-refractivity contribution is 6.45. The van der Waals surface area contributed by atoms with Crippen LogP contribution >= 0.6 is 0 Å². The second-order valence-corrected chi connectivity index (χ2v) is 5.89. The van der Waals surface area contributed by atoms with Crippen molar-refractivity contribution >= 4 is 35.4 Å². The van der Waals surface area contributed by atoms with E-state index in [0.717, 1.165) is 4.90 Å². The summed E-state index contributed by atoms with van der Waals surface area (Å²) >= 11 is 0. The van der Waals surface area contributed by atoms with Gasteiger partial charge in [0.05, 0.1) is 12.2 Å². The van der Waals surface area contributed by atoms with Crippen LogP contribution in [0.25, 0.3) is 0 Å². The number of nitrogens with zero attached hydrogens (tertiary/aromatic N) is 2. The predicted molar refractivity (Wildman–Crippen MR) is 94.8 cm³/mol. The van der Waals surface area contributed by atoms with Gasteiger partial charge in [0, 0.05) is 12.2 Å². The molecule has 144 valence electrons. The Morgan fingerprint density at radius 3 is 2.19 bits per heavy atom. The number of benzene rings is 1. The summed E-state index contributed by atoms with van der Waals surface area (Å²) < 4.78 is 5.01. The molecule has 2 rings (SSSR count). The molecule has 1 aliphatic rings. The number of carbonyl (C=O) groups excluding carboxylic acids is 5. The molecule has 1 N–H and O–H groups in total. The SMILES string of the molecule is CCCOC(=O)c1ccc(NC(=O)CN2C(=O)C(=O)N(CCC)C2=O)cc1. The Morgan fingerprint density at radius 1 is 0.963 bits per heavy atom. The summed E-state index contributed by atoms with van der Waals surface area (Å²) in [5.41, 5.74) is 0.718. The zero-order chi connectivity index (χ0) is 20.0. The van der Waals surface area contributed by atoms with Crippen LogP contribution in [0.3, 0.4) is 0 Å². The fourth-order valence-electron chi connectivity index (χ4n) is 2.42. The fraction of sp³-hybridized carbons (Fsp3) is 0.389. The molecule has 1 aliphatic heterocycles. The van der Waals surface area contributed by atoms with Crippen molar-refractivity contribution in [2.24, 2.45) is 0 Å². The van der Waals surface area contributed by atoms with Crippen LogP contribution in [-0.4, -0.2) is 59.2 Å². The number of esters is 1. The smallest absolute Gasteiger partial charge is 0.338 e. The van der Waals surface area contributed by atoms with Crippen molar-refractivity contribution in [3.8, 4) is 0 Å². The molecule has 0 unspecified atom stereocenters. The van der Waals surface area contributed by atoms with Crippen molar-refractivity contribution in [1.82, 2.24) is 9.80 Å². The summed E-state index contributed by atoms with van der Waals surface area (Å²) in [5, 5.41) is 2.51. The molecule has 1 aromatic carbocycles. The van der Waals surface area contributed by atoms with Gasteiger partial charge in [-0.1, -0.05) is 13.8 Å². The van der Waals surface area contributed by atoms with Gasteiger partial charge in [-0.3, -0.25) is 19.3 Å². The maximum Gasteiger partial charge on any atom is 0.338 e. The number of carbonyl (C=O) groups is 5. The Balaban J connectivity index is 1.96. The second kappa shape index (κ2) is 8.93. The first-order chi connectivity index (χ1) is 12.9. The average Bonchev–Trinajstić information content (AvgIpc) is 2.85. The van der Waals surface area contributed by atoms with Gasteiger partial charge < -0.3 is 10.1 Å². The standard InChI is InChI=1S/C18H21N3O6/c1-3-9-20-15(23)16(24)21(18(20)26)11-14(22)19-13-7-5-12(6-8-13)17(25)27-10-4-2/h5-8H,3-4,9-11H2,1-2H3,(H,19,22). The number of imide groups is 2. The quantitative estimate of drug-likeness (QED) is 0.417. The van der Waals surface area contributed by atoms with Crippen LogP contribution < -0.4 is 5.32 Å². The second-order valence-electron chi connectivity index (χ2n) is 5.89. The monoisotopic (exact) mass is 375 g/mol. The molecule has 0 aliphatic carbocycles. The van der Waals surface area contributed by atoms with Gasteiger partial charge in [-0.2, -0.15) is 0 Å². The van der Waals surface area contributed by atoms with E-state index in [1.807, 2.05) is 6.92 Å². The Hall–Kier alpha value is -3.23. The Bertz CT molecular complexity index is 759. The minimum atomic E-state index is -1.02. The van der Waals surface area contributed by atoms with Crippen molar-refractivity contribution in [2.75, 3.05) is 25.0 Å². The maximum atomic E-state index is 12.1. The molecule has 1 heterocycles. The van der Waals surface area contributed by atoms with Crippen molar-refractivity contribution in [3.63, 3.8) is 0 Å². The Kier molecular flexibility index (Phi) is 6.64. The molecule has 9 nitrogen and oxygen atoms in total. The Morgan fingerprint density at radius 2 is 1.59 bits per heavy atom. The molecule has 9 heteroatoms. The first-order valence-electron chi connectivity index (χ1n) is 8.63. The molecule has 1 fully saturated rings. The summed E-state index contributed by atoms with van der Waals surface area (Å²) in [4.78, 5) is 61.0.